The van der Waals surface area contributed by atoms with E-state index >= 15 is 0 Å². The summed E-state index contributed by atoms with van der Waals surface area (Å²) in [6.07, 6.45) is 1.63. The quantitative estimate of drug-likeness (QED) is 0.784. The lowest BCUT2D eigenvalue weighted by molar-refractivity contribution is 0.286. The van der Waals surface area contributed by atoms with Crippen molar-refractivity contribution in [2.75, 3.05) is 13.2 Å². The van der Waals surface area contributed by atoms with Crippen LogP contribution >= 0.6 is 0 Å². The molecule has 0 amide bonds. The van der Waals surface area contributed by atoms with E-state index in [4.69, 9.17) is 4.74 Å². The molecule has 0 spiro atoms. The molecule has 0 aromatic heterocycles. The standard InChI is InChI=1S/C18H22N2O/c1-3-20-18(2,14-19)11-6-12-21-17-10-9-15-7-4-5-8-16(15)13-17/h4-5,7-10,13,20H,3,6,11-12H2,1-2H3. The highest BCUT2D eigenvalue weighted by atomic mass is 16.5. The van der Waals surface area contributed by atoms with Crippen LogP contribution in [0, 0.1) is 11.3 Å². The molecule has 0 fully saturated rings. The van der Waals surface area contributed by atoms with Gasteiger partial charge in [-0.05, 0) is 49.2 Å². The maximum absolute atomic E-state index is 9.20. The van der Waals surface area contributed by atoms with Crippen LogP contribution < -0.4 is 10.1 Å². The van der Waals surface area contributed by atoms with Gasteiger partial charge in [0.2, 0.25) is 0 Å². The van der Waals surface area contributed by atoms with Gasteiger partial charge in [-0.25, -0.2) is 0 Å². The Kier molecular flexibility index (Phi) is 5.19. The topological polar surface area (TPSA) is 45.0 Å². The Morgan fingerprint density at radius 2 is 1.95 bits per heavy atom. The average Bonchev–Trinajstić information content (AvgIpc) is 2.52. The highest BCUT2D eigenvalue weighted by Gasteiger charge is 2.21. The fraction of sp³-hybridized carbons (Fsp3) is 0.389. The molecule has 2 rings (SSSR count). The Hall–Kier alpha value is -2.05. The summed E-state index contributed by atoms with van der Waals surface area (Å²) < 4.78 is 5.79. The third kappa shape index (κ3) is 4.21. The van der Waals surface area contributed by atoms with Gasteiger partial charge in [-0.2, -0.15) is 5.26 Å². The number of fused-ring (bicyclic) bond motifs is 1. The zero-order chi connectivity index (χ0) is 15.1. The van der Waals surface area contributed by atoms with Gasteiger partial charge in [-0.1, -0.05) is 37.3 Å². The second kappa shape index (κ2) is 7.10. The van der Waals surface area contributed by atoms with E-state index in [0.717, 1.165) is 25.1 Å². The van der Waals surface area contributed by atoms with Crippen molar-refractivity contribution in [2.45, 2.75) is 32.2 Å². The maximum Gasteiger partial charge on any atom is 0.119 e. The number of hydrogen-bond acceptors (Lipinski definition) is 3. The number of nitriles is 1. The third-order valence-electron chi connectivity index (χ3n) is 3.62. The SMILES string of the molecule is CCNC(C)(C#N)CCCOc1ccc2ccccc2c1. The summed E-state index contributed by atoms with van der Waals surface area (Å²) >= 11 is 0. The average molecular weight is 282 g/mol. The van der Waals surface area contributed by atoms with Crippen LogP contribution in [0.5, 0.6) is 5.75 Å². The van der Waals surface area contributed by atoms with Crippen LogP contribution in [0.4, 0.5) is 0 Å². The van der Waals surface area contributed by atoms with Gasteiger partial charge in [0.1, 0.15) is 11.3 Å². The lowest BCUT2D eigenvalue weighted by Crippen LogP contribution is -2.40. The van der Waals surface area contributed by atoms with E-state index in [1.165, 1.54) is 10.8 Å². The molecule has 2 aromatic rings. The van der Waals surface area contributed by atoms with Gasteiger partial charge in [0.15, 0.2) is 0 Å². The van der Waals surface area contributed by atoms with Crippen LogP contribution in [0.15, 0.2) is 42.5 Å². The molecule has 0 saturated carbocycles. The molecule has 0 saturated heterocycles. The normalized spacial score (nSPS) is 13.6. The van der Waals surface area contributed by atoms with Crippen LogP contribution in [0.1, 0.15) is 26.7 Å². The molecule has 0 bridgehead atoms. The molecular weight excluding hydrogens is 260 g/mol. The molecular formula is C18H22N2O. The highest BCUT2D eigenvalue weighted by molar-refractivity contribution is 5.83. The second-order valence-corrected chi connectivity index (χ2v) is 5.44. The van der Waals surface area contributed by atoms with Gasteiger partial charge >= 0.3 is 0 Å². The Morgan fingerprint density at radius 1 is 1.19 bits per heavy atom. The summed E-state index contributed by atoms with van der Waals surface area (Å²) in [6, 6.07) is 16.7. The first kappa shape index (κ1) is 15.3. The summed E-state index contributed by atoms with van der Waals surface area (Å²) in [7, 11) is 0. The Bertz CT molecular complexity index is 632. The Morgan fingerprint density at radius 3 is 2.67 bits per heavy atom. The molecule has 2 aromatic carbocycles. The zero-order valence-corrected chi connectivity index (χ0v) is 12.7. The molecule has 0 aliphatic carbocycles. The van der Waals surface area contributed by atoms with Crippen molar-refractivity contribution < 1.29 is 4.74 Å². The molecule has 1 atom stereocenters. The highest BCUT2D eigenvalue weighted by Crippen LogP contribution is 2.21. The summed E-state index contributed by atoms with van der Waals surface area (Å²) in [6.45, 7) is 5.38. The molecule has 0 aliphatic rings. The van der Waals surface area contributed by atoms with Crippen molar-refractivity contribution in [1.82, 2.24) is 5.32 Å². The number of nitrogens with one attached hydrogen (secondary N) is 1. The predicted molar refractivity (Wildman–Crippen MR) is 86.4 cm³/mol. The summed E-state index contributed by atoms with van der Waals surface area (Å²) in [5.41, 5.74) is -0.457. The zero-order valence-electron chi connectivity index (χ0n) is 12.7. The molecule has 1 unspecified atom stereocenters. The lowest BCUT2D eigenvalue weighted by Gasteiger charge is -2.22. The van der Waals surface area contributed by atoms with E-state index in [2.05, 4.69) is 35.7 Å². The second-order valence-electron chi connectivity index (χ2n) is 5.44. The van der Waals surface area contributed by atoms with E-state index in [1.54, 1.807) is 0 Å². The minimum atomic E-state index is -0.457. The summed E-state index contributed by atoms with van der Waals surface area (Å²) in [4.78, 5) is 0. The van der Waals surface area contributed by atoms with Crippen LogP contribution in [0.2, 0.25) is 0 Å². The molecule has 21 heavy (non-hydrogen) atoms. The van der Waals surface area contributed by atoms with E-state index < -0.39 is 5.54 Å². The van der Waals surface area contributed by atoms with Gasteiger partial charge in [-0.15, -0.1) is 0 Å². The molecule has 1 N–H and O–H groups in total. The molecule has 3 nitrogen and oxygen atoms in total. The van der Waals surface area contributed by atoms with Crippen molar-refractivity contribution in [2.24, 2.45) is 0 Å². The Labute approximate surface area is 126 Å². The molecule has 0 heterocycles. The van der Waals surface area contributed by atoms with Gasteiger partial charge in [0.25, 0.3) is 0 Å². The van der Waals surface area contributed by atoms with Gasteiger partial charge in [0, 0.05) is 0 Å². The minimum absolute atomic E-state index is 0.457. The van der Waals surface area contributed by atoms with Gasteiger partial charge in [-0.3, -0.25) is 5.32 Å². The third-order valence-corrected chi connectivity index (χ3v) is 3.62. The van der Waals surface area contributed by atoms with Crippen molar-refractivity contribution in [1.29, 1.82) is 5.26 Å². The predicted octanol–water partition coefficient (Wildman–Crippen LogP) is 3.89. The van der Waals surface area contributed by atoms with Crippen molar-refractivity contribution >= 4 is 10.8 Å². The summed E-state index contributed by atoms with van der Waals surface area (Å²) in [5, 5.41) is 14.8. The van der Waals surface area contributed by atoms with Crippen LogP contribution in [-0.2, 0) is 0 Å². The number of nitrogens with zero attached hydrogens (tertiary/aromatic N) is 1. The monoisotopic (exact) mass is 282 g/mol. The number of benzene rings is 2. The maximum atomic E-state index is 9.20. The largest absolute Gasteiger partial charge is 0.494 e. The molecule has 0 aliphatic heterocycles. The first-order valence-corrected chi connectivity index (χ1v) is 7.45. The number of rotatable bonds is 7. The Balaban J connectivity index is 1.86. The first-order chi connectivity index (χ1) is 10.2. The van der Waals surface area contributed by atoms with E-state index in [1.807, 2.05) is 32.0 Å². The number of ether oxygens (including phenoxy) is 1. The van der Waals surface area contributed by atoms with E-state index in [9.17, 15) is 5.26 Å². The van der Waals surface area contributed by atoms with Crippen molar-refractivity contribution in [3.8, 4) is 11.8 Å². The molecule has 110 valence electrons. The lowest BCUT2D eigenvalue weighted by atomic mass is 9.98. The molecule has 3 heteroatoms. The van der Waals surface area contributed by atoms with Crippen LogP contribution in [0.3, 0.4) is 0 Å². The minimum Gasteiger partial charge on any atom is -0.494 e. The smallest absolute Gasteiger partial charge is 0.119 e. The molecule has 0 radical (unpaired) electrons. The van der Waals surface area contributed by atoms with Crippen molar-refractivity contribution in [3.05, 3.63) is 42.5 Å². The fourth-order valence-corrected chi connectivity index (χ4v) is 2.45. The van der Waals surface area contributed by atoms with E-state index in [-0.39, 0.29) is 0 Å². The number of hydrogen-bond donors (Lipinski definition) is 1. The van der Waals surface area contributed by atoms with Crippen LogP contribution in [-0.4, -0.2) is 18.7 Å². The first-order valence-electron chi connectivity index (χ1n) is 7.45. The summed E-state index contributed by atoms with van der Waals surface area (Å²) in [5.74, 6) is 0.885. The van der Waals surface area contributed by atoms with Crippen molar-refractivity contribution in [3.63, 3.8) is 0 Å². The van der Waals surface area contributed by atoms with Gasteiger partial charge in [0.05, 0.1) is 12.7 Å². The fourth-order valence-electron chi connectivity index (χ4n) is 2.45. The van der Waals surface area contributed by atoms with E-state index in [0.29, 0.717) is 6.61 Å². The van der Waals surface area contributed by atoms with Gasteiger partial charge < -0.3 is 4.74 Å². The van der Waals surface area contributed by atoms with Crippen LogP contribution in [0.25, 0.3) is 10.8 Å².